The van der Waals surface area contributed by atoms with Crippen LogP contribution in [-0.2, 0) is 0 Å². The number of para-hydroxylation sites is 1. The maximum absolute atomic E-state index is 6.06. The Labute approximate surface area is 170 Å². The Morgan fingerprint density at radius 1 is 1.00 bits per heavy atom. The summed E-state index contributed by atoms with van der Waals surface area (Å²) in [6.45, 7) is 2.28. The average Bonchev–Trinajstić information content (AvgIpc) is 3.16. The third kappa shape index (κ3) is 4.13. The molecular formula is C24H25NO2S. The molecule has 0 atom stereocenters. The molecule has 1 aliphatic rings. The fraction of sp³-hybridized carbons (Fsp3) is 0.250. The first-order chi connectivity index (χ1) is 13.7. The zero-order valence-electron chi connectivity index (χ0n) is 16.4. The van der Waals surface area contributed by atoms with Crippen molar-refractivity contribution in [2.24, 2.45) is 0 Å². The monoisotopic (exact) mass is 391 g/mol. The topological polar surface area (TPSA) is 21.7 Å². The van der Waals surface area contributed by atoms with E-state index in [1.165, 1.54) is 21.6 Å². The van der Waals surface area contributed by atoms with Gasteiger partial charge in [-0.2, -0.15) is 0 Å². The fourth-order valence-electron chi connectivity index (χ4n) is 3.44. The van der Waals surface area contributed by atoms with Crippen LogP contribution in [0.4, 0.5) is 0 Å². The summed E-state index contributed by atoms with van der Waals surface area (Å²) in [6.07, 6.45) is 0.894. The van der Waals surface area contributed by atoms with Crippen LogP contribution in [0.5, 0.6) is 11.5 Å². The summed E-state index contributed by atoms with van der Waals surface area (Å²) in [4.78, 5) is 3.43. The van der Waals surface area contributed by atoms with Gasteiger partial charge in [-0.05, 0) is 60.5 Å². The minimum atomic E-state index is 0.687. The number of fused-ring (bicyclic) bond motifs is 1. The molecule has 28 heavy (non-hydrogen) atoms. The number of likely N-dealkylation sites (N-methyl/N-ethyl adjacent to an activating group) is 1. The molecule has 0 fully saturated rings. The van der Waals surface area contributed by atoms with Gasteiger partial charge in [-0.3, -0.25) is 0 Å². The summed E-state index contributed by atoms with van der Waals surface area (Å²) in [5.74, 6) is 1.86. The summed E-state index contributed by atoms with van der Waals surface area (Å²) >= 11 is 1.79. The fourth-order valence-corrected chi connectivity index (χ4v) is 4.25. The number of benzene rings is 2. The van der Waals surface area contributed by atoms with Crippen molar-refractivity contribution in [1.29, 1.82) is 0 Å². The molecule has 4 heteroatoms. The van der Waals surface area contributed by atoms with Gasteiger partial charge in [0.05, 0.1) is 6.61 Å². The number of ether oxygens (including phenoxy) is 2. The molecule has 1 aliphatic heterocycles. The van der Waals surface area contributed by atoms with Gasteiger partial charge in [0.2, 0.25) is 0 Å². The van der Waals surface area contributed by atoms with Crippen LogP contribution in [0.1, 0.15) is 22.4 Å². The van der Waals surface area contributed by atoms with Crippen LogP contribution in [0.2, 0.25) is 0 Å². The number of hydrogen-bond donors (Lipinski definition) is 0. The average molecular weight is 392 g/mol. The summed E-state index contributed by atoms with van der Waals surface area (Å²) in [6, 6.07) is 21.1. The van der Waals surface area contributed by atoms with Crippen molar-refractivity contribution < 1.29 is 9.47 Å². The van der Waals surface area contributed by atoms with Crippen molar-refractivity contribution in [3.05, 3.63) is 82.0 Å². The molecule has 144 valence electrons. The summed E-state index contributed by atoms with van der Waals surface area (Å²) in [7, 11) is 4.10. The minimum Gasteiger partial charge on any atom is -0.493 e. The van der Waals surface area contributed by atoms with E-state index in [9.17, 15) is 0 Å². The van der Waals surface area contributed by atoms with E-state index in [0.29, 0.717) is 13.2 Å². The van der Waals surface area contributed by atoms with E-state index in [0.717, 1.165) is 30.0 Å². The quantitative estimate of drug-likeness (QED) is 0.559. The highest BCUT2D eigenvalue weighted by molar-refractivity contribution is 7.11. The number of thiophene rings is 1. The molecule has 3 aromatic rings. The lowest BCUT2D eigenvalue weighted by Gasteiger charge is -2.15. The Hall–Kier alpha value is -2.56. The van der Waals surface area contributed by atoms with Gasteiger partial charge in [0.25, 0.3) is 0 Å². The normalized spacial score (nSPS) is 13.8. The third-order valence-electron chi connectivity index (χ3n) is 4.84. The molecule has 4 rings (SSSR count). The van der Waals surface area contributed by atoms with Crippen LogP contribution in [0.3, 0.4) is 0 Å². The Bertz CT molecular complexity index is 943. The molecule has 0 spiro atoms. The van der Waals surface area contributed by atoms with Crippen LogP contribution in [0.15, 0.2) is 66.0 Å². The molecule has 1 aromatic heterocycles. The third-order valence-corrected chi connectivity index (χ3v) is 5.77. The lowest BCUT2D eigenvalue weighted by molar-refractivity contribution is 0.261. The molecule has 0 aliphatic carbocycles. The number of hydrogen-bond acceptors (Lipinski definition) is 4. The summed E-state index contributed by atoms with van der Waals surface area (Å²) in [5.41, 5.74) is 4.96. The van der Waals surface area contributed by atoms with Crippen LogP contribution < -0.4 is 9.47 Å². The van der Waals surface area contributed by atoms with Crippen molar-refractivity contribution in [3.8, 4) is 11.5 Å². The second-order valence-corrected chi connectivity index (χ2v) is 8.05. The summed E-state index contributed by atoms with van der Waals surface area (Å²) < 4.78 is 11.9. The van der Waals surface area contributed by atoms with E-state index < -0.39 is 0 Å². The molecule has 0 saturated heterocycles. The number of nitrogens with zero attached hydrogens (tertiary/aromatic N) is 1. The van der Waals surface area contributed by atoms with Crippen LogP contribution in [-0.4, -0.2) is 38.8 Å². The van der Waals surface area contributed by atoms with Gasteiger partial charge in [-0.25, -0.2) is 0 Å². The van der Waals surface area contributed by atoms with Crippen LogP contribution in [0, 0.1) is 0 Å². The predicted octanol–water partition coefficient (Wildman–Crippen LogP) is 5.43. The van der Waals surface area contributed by atoms with Crippen molar-refractivity contribution in [2.75, 3.05) is 33.9 Å². The predicted molar refractivity (Wildman–Crippen MR) is 117 cm³/mol. The molecule has 0 radical (unpaired) electrons. The zero-order chi connectivity index (χ0) is 19.3. The second-order valence-electron chi connectivity index (χ2n) is 7.10. The zero-order valence-corrected chi connectivity index (χ0v) is 17.2. The Morgan fingerprint density at radius 2 is 1.82 bits per heavy atom. The van der Waals surface area contributed by atoms with Crippen molar-refractivity contribution in [3.63, 3.8) is 0 Å². The Kier molecular flexibility index (Phi) is 5.79. The standard InChI is InChI=1S/C24H25NO2S/c1-25(2)14-16-26-19-11-9-18(10-12-19)24-20-6-3-4-7-22(20)27-15-13-21(24)23-8-5-17-28-23/h3-12,17H,13-16H2,1-2H3. The molecule has 0 N–H and O–H groups in total. The van der Waals surface area contributed by atoms with E-state index in [2.05, 4.69) is 79.0 Å². The molecule has 2 aromatic carbocycles. The van der Waals surface area contributed by atoms with Crippen LogP contribution >= 0.6 is 11.3 Å². The van der Waals surface area contributed by atoms with E-state index in [-0.39, 0.29) is 0 Å². The number of rotatable bonds is 6. The van der Waals surface area contributed by atoms with Crippen molar-refractivity contribution in [1.82, 2.24) is 4.90 Å². The molecule has 0 saturated carbocycles. The van der Waals surface area contributed by atoms with Gasteiger partial charge in [0.1, 0.15) is 18.1 Å². The SMILES string of the molecule is CN(C)CCOc1ccc(C2=C(c3cccs3)CCOc3ccccc32)cc1. The molecule has 0 bridgehead atoms. The summed E-state index contributed by atoms with van der Waals surface area (Å²) in [5, 5.41) is 2.14. The molecule has 0 unspecified atom stereocenters. The van der Waals surface area contributed by atoms with Crippen molar-refractivity contribution in [2.45, 2.75) is 6.42 Å². The first-order valence-corrected chi connectivity index (χ1v) is 10.5. The maximum Gasteiger partial charge on any atom is 0.127 e. The maximum atomic E-state index is 6.06. The van der Waals surface area contributed by atoms with Gasteiger partial charge in [-0.1, -0.05) is 36.4 Å². The lowest BCUT2D eigenvalue weighted by Crippen LogP contribution is -2.19. The molecule has 0 amide bonds. The molecule has 2 heterocycles. The van der Waals surface area contributed by atoms with E-state index >= 15 is 0 Å². The highest BCUT2D eigenvalue weighted by Crippen LogP contribution is 2.42. The first kappa shape index (κ1) is 18.8. The van der Waals surface area contributed by atoms with Gasteiger partial charge >= 0.3 is 0 Å². The highest BCUT2D eigenvalue weighted by Gasteiger charge is 2.21. The van der Waals surface area contributed by atoms with Gasteiger partial charge < -0.3 is 14.4 Å². The van der Waals surface area contributed by atoms with Gasteiger partial charge in [-0.15, -0.1) is 11.3 Å². The largest absolute Gasteiger partial charge is 0.493 e. The minimum absolute atomic E-state index is 0.687. The highest BCUT2D eigenvalue weighted by atomic mass is 32.1. The molecular weight excluding hydrogens is 366 g/mol. The van der Waals surface area contributed by atoms with E-state index in [1.54, 1.807) is 11.3 Å². The second kappa shape index (κ2) is 8.63. The van der Waals surface area contributed by atoms with E-state index in [1.807, 2.05) is 6.07 Å². The van der Waals surface area contributed by atoms with Gasteiger partial charge in [0.15, 0.2) is 0 Å². The smallest absolute Gasteiger partial charge is 0.127 e. The Morgan fingerprint density at radius 3 is 2.57 bits per heavy atom. The Balaban J connectivity index is 1.73. The van der Waals surface area contributed by atoms with Crippen LogP contribution in [0.25, 0.3) is 11.1 Å². The first-order valence-electron chi connectivity index (χ1n) is 9.59. The van der Waals surface area contributed by atoms with Gasteiger partial charge in [0, 0.05) is 23.4 Å². The van der Waals surface area contributed by atoms with Crippen molar-refractivity contribution >= 4 is 22.5 Å². The van der Waals surface area contributed by atoms with E-state index in [4.69, 9.17) is 9.47 Å². The molecule has 3 nitrogen and oxygen atoms in total. The lowest BCUT2D eigenvalue weighted by atomic mass is 9.91.